The van der Waals surface area contributed by atoms with E-state index >= 15 is 0 Å². The number of sulfone groups is 1. The fraction of sp³-hybridized carbons (Fsp3) is 0.0769. The van der Waals surface area contributed by atoms with Gasteiger partial charge in [-0.25, -0.2) is 12.8 Å². The molecule has 0 radical (unpaired) electrons. The third-order valence-corrected chi connectivity index (χ3v) is 4.15. The van der Waals surface area contributed by atoms with E-state index in [1.54, 1.807) is 12.1 Å². The summed E-state index contributed by atoms with van der Waals surface area (Å²) in [6.07, 6.45) is 3.59. The molecule has 1 aromatic carbocycles. The van der Waals surface area contributed by atoms with Crippen LogP contribution < -0.4 is 0 Å². The number of tetrazole rings is 1. The maximum Gasteiger partial charge on any atom is 0.206 e. The fourth-order valence-corrected chi connectivity index (χ4v) is 3.04. The van der Waals surface area contributed by atoms with Gasteiger partial charge in [-0.3, -0.25) is 4.98 Å². The smallest absolute Gasteiger partial charge is 0.206 e. The maximum atomic E-state index is 13.4. The summed E-state index contributed by atoms with van der Waals surface area (Å²) >= 11 is 0. The molecule has 0 amide bonds. The van der Waals surface area contributed by atoms with Crippen molar-refractivity contribution in [2.75, 3.05) is 6.26 Å². The average Bonchev–Trinajstić information content (AvgIpc) is 2.99. The van der Waals surface area contributed by atoms with Gasteiger partial charge in [0.2, 0.25) is 5.82 Å². The summed E-state index contributed by atoms with van der Waals surface area (Å²) in [5.41, 5.74) is 1.13. The summed E-state index contributed by atoms with van der Waals surface area (Å²) in [5.74, 6) is -0.415. The lowest BCUT2D eigenvalue weighted by Crippen LogP contribution is -2.02. The van der Waals surface area contributed by atoms with Crippen molar-refractivity contribution in [3.63, 3.8) is 0 Å². The number of aromatic amines is 1. The number of nitrogens with zero attached hydrogens (tertiary/aromatic N) is 4. The monoisotopic (exact) mass is 319 g/mol. The van der Waals surface area contributed by atoms with Crippen molar-refractivity contribution in [3.8, 4) is 22.5 Å². The first-order valence-corrected chi connectivity index (χ1v) is 8.04. The van der Waals surface area contributed by atoms with Gasteiger partial charge in [0.25, 0.3) is 0 Å². The van der Waals surface area contributed by atoms with Crippen LogP contribution in [0.15, 0.2) is 41.6 Å². The molecule has 1 N–H and O–H groups in total. The standard InChI is InChI=1S/C13H10FN5O2S/c1-22(20,21)11-4-2-3-10(8-5-9(14)7-15-6-8)12(11)13-16-18-19-17-13/h2-7H,1H3,(H,16,17,18,19). The molecule has 0 spiro atoms. The molecule has 0 unspecified atom stereocenters. The number of hydrogen-bond donors (Lipinski definition) is 1. The zero-order chi connectivity index (χ0) is 15.7. The van der Waals surface area contributed by atoms with E-state index in [0.717, 1.165) is 12.5 Å². The minimum absolute atomic E-state index is 0.0376. The zero-order valence-electron chi connectivity index (χ0n) is 11.4. The van der Waals surface area contributed by atoms with Crippen molar-refractivity contribution in [1.82, 2.24) is 25.6 Å². The van der Waals surface area contributed by atoms with Crippen LogP contribution in [-0.4, -0.2) is 40.3 Å². The highest BCUT2D eigenvalue weighted by molar-refractivity contribution is 7.90. The minimum Gasteiger partial charge on any atom is -0.261 e. The third-order valence-electron chi connectivity index (χ3n) is 3.01. The Labute approximate surface area is 125 Å². The van der Waals surface area contributed by atoms with Crippen LogP contribution in [-0.2, 0) is 9.84 Å². The highest BCUT2D eigenvalue weighted by Crippen LogP contribution is 2.34. The predicted molar refractivity (Wildman–Crippen MR) is 75.9 cm³/mol. The SMILES string of the molecule is CS(=O)(=O)c1cccc(-c2cncc(F)c2)c1-c1nn[nH]n1. The van der Waals surface area contributed by atoms with Crippen molar-refractivity contribution in [2.24, 2.45) is 0 Å². The van der Waals surface area contributed by atoms with Crippen molar-refractivity contribution >= 4 is 9.84 Å². The van der Waals surface area contributed by atoms with E-state index in [1.807, 2.05) is 0 Å². The van der Waals surface area contributed by atoms with Crippen LogP contribution in [0.25, 0.3) is 22.5 Å². The summed E-state index contributed by atoms with van der Waals surface area (Å²) in [6.45, 7) is 0. The lowest BCUT2D eigenvalue weighted by Gasteiger charge is -2.11. The third kappa shape index (κ3) is 2.58. The second kappa shape index (κ2) is 5.26. The van der Waals surface area contributed by atoms with E-state index in [9.17, 15) is 12.8 Å². The molecule has 0 saturated heterocycles. The number of rotatable bonds is 3. The van der Waals surface area contributed by atoms with Gasteiger partial charge in [-0.2, -0.15) is 5.21 Å². The molecule has 0 aliphatic carbocycles. The van der Waals surface area contributed by atoms with Gasteiger partial charge in [0, 0.05) is 23.6 Å². The maximum absolute atomic E-state index is 13.4. The Balaban J connectivity index is 2.36. The summed E-state index contributed by atoms with van der Waals surface area (Å²) in [6, 6.07) is 5.92. The van der Waals surface area contributed by atoms with E-state index in [4.69, 9.17) is 0 Å². The molecule has 9 heteroatoms. The Bertz CT molecular complexity index is 925. The molecule has 22 heavy (non-hydrogen) atoms. The van der Waals surface area contributed by atoms with Gasteiger partial charge >= 0.3 is 0 Å². The molecule has 2 aromatic heterocycles. The molecule has 2 heterocycles. The molecule has 0 saturated carbocycles. The van der Waals surface area contributed by atoms with Crippen LogP contribution in [0.3, 0.4) is 0 Å². The molecule has 0 atom stereocenters. The Hall–Kier alpha value is -2.68. The number of nitrogens with one attached hydrogen (secondary N) is 1. The van der Waals surface area contributed by atoms with E-state index in [2.05, 4.69) is 25.6 Å². The molecule has 0 aliphatic heterocycles. The molecule has 0 fully saturated rings. The first-order valence-electron chi connectivity index (χ1n) is 6.14. The van der Waals surface area contributed by atoms with Gasteiger partial charge in [-0.1, -0.05) is 12.1 Å². The Morgan fingerprint density at radius 2 is 2.05 bits per heavy atom. The minimum atomic E-state index is -3.54. The largest absolute Gasteiger partial charge is 0.261 e. The average molecular weight is 319 g/mol. The van der Waals surface area contributed by atoms with Gasteiger partial charge in [0.15, 0.2) is 9.84 Å². The predicted octanol–water partition coefficient (Wildman–Crippen LogP) is 1.47. The molecule has 112 valence electrons. The molecular weight excluding hydrogens is 309 g/mol. The van der Waals surface area contributed by atoms with E-state index in [0.29, 0.717) is 11.1 Å². The number of halogens is 1. The van der Waals surface area contributed by atoms with Gasteiger partial charge in [-0.05, 0) is 22.9 Å². The molecule has 0 bridgehead atoms. The summed E-state index contributed by atoms with van der Waals surface area (Å²) in [5, 5.41) is 13.4. The summed E-state index contributed by atoms with van der Waals surface area (Å²) in [4.78, 5) is 3.82. The normalized spacial score (nSPS) is 11.5. The highest BCUT2D eigenvalue weighted by atomic mass is 32.2. The topological polar surface area (TPSA) is 101 Å². The van der Waals surface area contributed by atoms with Crippen LogP contribution >= 0.6 is 0 Å². The fourth-order valence-electron chi connectivity index (χ4n) is 2.14. The number of aromatic nitrogens is 5. The Morgan fingerprint density at radius 1 is 1.23 bits per heavy atom. The van der Waals surface area contributed by atoms with Gasteiger partial charge in [0.05, 0.1) is 11.1 Å². The van der Waals surface area contributed by atoms with Crippen molar-refractivity contribution in [1.29, 1.82) is 0 Å². The Kier molecular flexibility index (Phi) is 3.41. The zero-order valence-corrected chi connectivity index (χ0v) is 12.2. The highest BCUT2D eigenvalue weighted by Gasteiger charge is 2.22. The van der Waals surface area contributed by atoms with Gasteiger partial charge in [-0.15, -0.1) is 10.2 Å². The van der Waals surface area contributed by atoms with E-state index in [-0.39, 0.29) is 16.3 Å². The molecule has 3 rings (SSSR count). The number of H-pyrrole nitrogens is 1. The van der Waals surface area contributed by atoms with Crippen LogP contribution in [0.4, 0.5) is 4.39 Å². The number of pyridine rings is 1. The molecule has 3 aromatic rings. The number of benzene rings is 1. The Morgan fingerprint density at radius 3 is 2.68 bits per heavy atom. The first kappa shape index (κ1) is 14.3. The van der Waals surface area contributed by atoms with Crippen LogP contribution in [0.2, 0.25) is 0 Å². The van der Waals surface area contributed by atoms with Crippen molar-refractivity contribution in [3.05, 3.63) is 42.5 Å². The van der Waals surface area contributed by atoms with Crippen LogP contribution in [0, 0.1) is 5.82 Å². The van der Waals surface area contributed by atoms with Crippen LogP contribution in [0.1, 0.15) is 0 Å². The molecular formula is C13H10FN5O2S. The van der Waals surface area contributed by atoms with E-state index in [1.165, 1.54) is 18.3 Å². The molecule has 7 nitrogen and oxygen atoms in total. The lowest BCUT2D eigenvalue weighted by atomic mass is 10.0. The lowest BCUT2D eigenvalue weighted by molar-refractivity contribution is 0.602. The second-order valence-electron chi connectivity index (χ2n) is 4.58. The first-order chi connectivity index (χ1) is 10.5. The van der Waals surface area contributed by atoms with Crippen LogP contribution in [0.5, 0.6) is 0 Å². The summed E-state index contributed by atoms with van der Waals surface area (Å²) < 4.78 is 37.5. The molecule has 0 aliphatic rings. The van der Waals surface area contributed by atoms with E-state index < -0.39 is 15.7 Å². The van der Waals surface area contributed by atoms with Crippen molar-refractivity contribution in [2.45, 2.75) is 4.90 Å². The second-order valence-corrected chi connectivity index (χ2v) is 6.56. The van der Waals surface area contributed by atoms with Crippen molar-refractivity contribution < 1.29 is 12.8 Å². The quantitative estimate of drug-likeness (QED) is 0.784. The van der Waals surface area contributed by atoms with Gasteiger partial charge < -0.3 is 0 Å². The van der Waals surface area contributed by atoms with Gasteiger partial charge in [0.1, 0.15) is 5.82 Å². The summed E-state index contributed by atoms with van der Waals surface area (Å²) in [7, 11) is -3.54. The number of hydrogen-bond acceptors (Lipinski definition) is 6.